The summed E-state index contributed by atoms with van der Waals surface area (Å²) < 4.78 is 26.2. The molecule has 6 nitrogen and oxygen atoms in total. The first-order chi connectivity index (χ1) is 14.0. The van der Waals surface area contributed by atoms with Crippen molar-refractivity contribution in [2.24, 2.45) is 0 Å². The number of nitrogens with zero attached hydrogens (tertiary/aromatic N) is 1. The minimum absolute atomic E-state index is 0.0703. The standard InChI is InChI=1S/C20H21N3O3S3/c1-2-11-29(25,26)23-16-9-7-15(8-10-16)22-20(24)18-5-3-4-6-19(18)28-13-17-12-27-14-21-17/h3-10,12,14,23H,2,11,13H2,1H3,(H,22,24). The first kappa shape index (κ1) is 21.4. The molecule has 3 rings (SSSR count). The normalized spacial score (nSPS) is 11.2. The van der Waals surface area contributed by atoms with Gasteiger partial charge in [0.25, 0.3) is 5.91 Å². The number of thiazole rings is 1. The van der Waals surface area contributed by atoms with Crippen molar-refractivity contribution >= 4 is 50.4 Å². The fourth-order valence-electron chi connectivity index (χ4n) is 2.56. The molecule has 9 heteroatoms. The molecule has 0 saturated heterocycles. The zero-order chi connectivity index (χ0) is 20.7. The van der Waals surface area contributed by atoms with Crippen LogP contribution in [0.25, 0.3) is 0 Å². The van der Waals surface area contributed by atoms with Crippen molar-refractivity contribution in [1.29, 1.82) is 0 Å². The van der Waals surface area contributed by atoms with E-state index in [2.05, 4.69) is 15.0 Å². The van der Waals surface area contributed by atoms with Gasteiger partial charge in [0.15, 0.2) is 0 Å². The number of nitrogens with one attached hydrogen (secondary N) is 2. The van der Waals surface area contributed by atoms with Crippen LogP contribution in [-0.2, 0) is 15.8 Å². The highest BCUT2D eigenvalue weighted by Gasteiger charge is 2.13. The summed E-state index contributed by atoms with van der Waals surface area (Å²) in [5.41, 5.74) is 4.42. The van der Waals surface area contributed by atoms with Gasteiger partial charge in [-0.3, -0.25) is 9.52 Å². The SMILES string of the molecule is CCCS(=O)(=O)Nc1ccc(NC(=O)c2ccccc2SCc2cscn2)cc1. The van der Waals surface area contributed by atoms with E-state index in [-0.39, 0.29) is 11.7 Å². The molecule has 3 aromatic rings. The van der Waals surface area contributed by atoms with Crippen LogP contribution >= 0.6 is 23.1 Å². The second-order valence-corrected chi connectivity index (χ2v) is 9.79. The minimum atomic E-state index is -3.34. The molecule has 0 aliphatic heterocycles. The van der Waals surface area contributed by atoms with Crippen LogP contribution in [0, 0.1) is 0 Å². The van der Waals surface area contributed by atoms with E-state index >= 15 is 0 Å². The minimum Gasteiger partial charge on any atom is -0.322 e. The third-order valence-electron chi connectivity index (χ3n) is 3.88. The van der Waals surface area contributed by atoms with Crippen LogP contribution in [0.4, 0.5) is 11.4 Å². The number of anilines is 2. The smallest absolute Gasteiger partial charge is 0.256 e. The van der Waals surface area contributed by atoms with Gasteiger partial charge in [-0.25, -0.2) is 13.4 Å². The Labute approximate surface area is 178 Å². The van der Waals surface area contributed by atoms with Crippen molar-refractivity contribution in [1.82, 2.24) is 4.98 Å². The van der Waals surface area contributed by atoms with Crippen LogP contribution in [-0.4, -0.2) is 25.1 Å². The third-order valence-corrected chi connectivity index (χ3v) is 7.11. The summed E-state index contributed by atoms with van der Waals surface area (Å²) in [7, 11) is -3.34. The first-order valence-electron chi connectivity index (χ1n) is 8.97. The van der Waals surface area contributed by atoms with Crippen LogP contribution in [0.1, 0.15) is 29.4 Å². The molecule has 0 unspecified atom stereocenters. The van der Waals surface area contributed by atoms with E-state index in [9.17, 15) is 13.2 Å². The second-order valence-electron chi connectivity index (χ2n) is 6.22. The molecule has 0 bridgehead atoms. The lowest BCUT2D eigenvalue weighted by Crippen LogP contribution is -2.16. The maximum Gasteiger partial charge on any atom is 0.256 e. The van der Waals surface area contributed by atoms with Crippen molar-refractivity contribution in [2.45, 2.75) is 24.0 Å². The van der Waals surface area contributed by atoms with Crippen molar-refractivity contribution in [3.05, 3.63) is 70.7 Å². The van der Waals surface area contributed by atoms with Crippen molar-refractivity contribution in [3.8, 4) is 0 Å². The average molecular weight is 448 g/mol. The number of aromatic nitrogens is 1. The van der Waals surface area contributed by atoms with Crippen LogP contribution < -0.4 is 10.0 Å². The molecule has 2 N–H and O–H groups in total. The summed E-state index contributed by atoms with van der Waals surface area (Å²) in [6.45, 7) is 1.81. The average Bonchev–Trinajstić information content (AvgIpc) is 3.21. The van der Waals surface area contributed by atoms with E-state index in [1.54, 1.807) is 58.9 Å². The van der Waals surface area contributed by atoms with E-state index < -0.39 is 10.0 Å². The maximum atomic E-state index is 12.7. The Morgan fingerprint density at radius 1 is 1.10 bits per heavy atom. The lowest BCUT2D eigenvalue weighted by Gasteiger charge is -2.11. The number of rotatable bonds is 9. The molecule has 0 atom stereocenters. The van der Waals surface area contributed by atoms with Gasteiger partial charge in [0.05, 0.1) is 22.5 Å². The van der Waals surface area contributed by atoms with Gasteiger partial charge in [-0.15, -0.1) is 23.1 Å². The predicted molar refractivity (Wildman–Crippen MR) is 120 cm³/mol. The number of sulfonamides is 1. The number of benzene rings is 2. The predicted octanol–water partition coefficient (Wildman–Crippen LogP) is 4.84. The molecular formula is C20H21N3O3S3. The molecular weight excluding hydrogens is 426 g/mol. The van der Waals surface area contributed by atoms with Gasteiger partial charge < -0.3 is 5.32 Å². The summed E-state index contributed by atoms with van der Waals surface area (Å²) in [5, 5.41) is 4.86. The number of amides is 1. The fraction of sp³-hybridized carbons (Fsp3) is 0.200. The van der Waals surface area contributed by atoms with Crippen molar-refractivity contribution < 1.29 is 13.2 Å². The van der Waals surface area contributed by atoms with Crippen LogP contribution in [0.3, 0.4) is 0 Å². The van der Waals surface area contributed by atoms with Gasteiger partial charge in [-0.1, -0.05) is 19.1 Å². The topological polar surface area (TPSA) is 88.2 Å². The first-order valence-corrected chi connectivity index (χ1v) is 12.6. The molecule has 2 aromatic carbocycles. The number of carbonyl (C=O) groups excluding carboxylic acids is 1. The molecule has 0 aliphatic carbocycles. The van der Waals surface area contributed by atoms with E-state index in [0.717, 1.165) is 10.6 Å². The highest BCUT2D eigenvalue weighted by Crippen LogP contribution is 2.27. The highest BCUT2D eigenvalue weighted by molar-refractivity contribution is 7.98. The van der Waals surface area contributed by atoms with E-state index in [1.165, 1.54) is 0 Å². The molecule has 0 saturated carbocycles. The van der Waals surface area contributed by atoms with Crippen molar-refractivity contribution in [2.75, 3.05) is 15.8 Å². The lowest BCUT2D eigenvalue weighted by atomic mass is 10.2. The molecule has 0 radical (unpaired) electrons. The Morgan fingerprint density at radius 2 is 1.83 bits per heavy atom. The van der Waals surface area contributed by atoms with E-state index in [0.29, 0.717) is 29.1 Å². The largest absolute Gasteiger partial charge is 0.322 e. The molecule has 0 spiro atoms. The number of hydrogen-bond donors (Lipinski definition) is 2. The Kier molecular flexibility index (Phi) is 7.29. The summed E-state index contributed by atoms with van der Waals surface area (Å²) in [6, 6.07) is 14.0. The number of carbonyl (C=O) groups is 1. The third kappa shape index (κ3) is 6.31. The van der Waals surface area contributed by atoms with Crippen LogP contribution in [0.2, 0.25) is 0 Å². The van der Waals surface area contributed by atoms with Crippen molar-refractivity contribution in [3.63, 3.8) is 0 Å². The summed E-state index contributed by atoms with van der Waals surface area (Å²) in [6.07, 6.45) is 0.545. The van der Waals surface area contributed by atoms with Crippen LogP contribution in [0.5, 0.6) is 0 Å². The lowest BCUT2D eigenvalue weighted by molar-refractivity contribution is 0.102. The van der Waals surface area contributed by atoms with Gasteiger partial charge in [-0.05, 0) is 42.8 Å². The molecule has 29 heavy (non-hydrogen) atoms. The summed E-state index contributed by atoms with van der Waals surface area (Å²) >= 11 is 3.11. The zero-order valence-electron chi connectivity index (χ0n) is 15.8. The molecule has 0 aliphatic rings. The monoisotopic (exact) mass is 447 g/mol. The maximum absolute atomic E-state index is 12.7. The Bertz CT molecular complexity index is 1050. The molecule has 1 heterocycles. The van der Waals surface area contributed by atoms with Crippen LogP contribution in [0.15, 0.2) is 64.3 Å². The van der Waals surface area contributed by atoms with Gasteiger partial charge in [0.1, 0.15) is 0 Å². The van der Waals surface area contributed by atoms with Gasteiger partial charge in [0, 0.05) is 27.4 Å². The van der Waals surface area contributed by atoms with Gasteiger partial charge >= 0.3 is 0 Å². The molecule has 152 valence electrons. The number of hydrogen-bond acceptors (Lipinski definition) is 6. The highest BCUT2D eigenvalue weighted by atomic mass is 32.2. The molecule has 0 fully saturated rings. The van der Waals surface area contributed by atoms with E-state index in [4.69, 9.17) is 0 Å². The Balaban J connectivity index is 1.66. The van der Waals surface area contributed by atoms with Gasteiger partial charge in [0.2, 0.25) is 10.0 Å². The zero-order valence-corrected chi connectivity index (χ0v) is 18.2. The van der Waals surface area contributed by atoms with E-state index in [1.807, 2.05) is 30.5 Å². The summed E-state index contributed by atoms with van der Waals surface area (Å²) in [4.78, 5) is 17.9. The Hall–Kier alpha value is -2.36. The Morgan fingerprint density at radius 3 is 2.52 bits per heavy atom. The molecule has 1 aromatic heterocycles. The summed E-state index contributed by atoms with van der Waals surface area (Å²) in [5.74, 6) is 0.548. The van der Waals surface area contributed by atoms with Gasteiger partial charge in [-0.2, -0.15) is 0 Å². The number of thioether (sulfide) groups is 1. The fourth-order valence-corrected chi connectivity index (χ4v) is 5.31. The second kappa shape index (κ2) is 9.91. The quantitative estimate of drug-likeness (QED) is 0.458. The molecule has 1 amide bonds.